The van der Waals surface area contributed by atoms with Gasteiger partial charge in [-0.15, -0.1) is 0 Å². The summed E-state index contributed by atoms with van der Waals surface area (Å²) in [5.74, 6) is -2.76. The van der Waals surface area contributed by atoms with Gasteiger partial charge in [0, 0.05) is 67.5 Å². The van der Waals surface area contributed by atoms with Crippen LogP contribution in [-0.2, 0) is 33.3 Å². The number of esters is 3. The third-order valence-corrected chi connectivity index (χ3v) is 14.5. The van der Waals surface area contributed by atoms with Crippen LogP contribution in [-0.4, -0.2) is 95.4 Å². The molecule has 3 aliphatic heterocycles. The number of allylic oxidation sites excluding steroid dienone is 2. The van der Waals surface area contributed by atoms with Crippen molar-refractivity contribution < 1.29 is 43.5 Å². The third kappa shape index (κ3) is 3.81. The van der Waals surface area contributed by atoms with Crippen LogP contribution in [0.2, 0.25) is 0 Å². The molecule has 2 N–H and O–H groups in total. The van der Waals surface area contributed by atoms with Gasteiger partial charge >= 0.3 is 17.9 Å². The fraction of sp³-hybridized carbons (Fsp3) is 0.806. The molecule has 1 spiro atoms. The standard InChI is InChI=1S/C36H49NO9/c1-19-6-7-23-25(19)28-26(24(44-20(2)38)16-33(23,4)41)36(31(40)46-28)18-35-11-10-32(36,3)29(35)27-21(8-9-34(35,5)42)22(30(39)45-27)17-37-12-14-43-15-13-37/h6,10-11,21-29,41-42H,7-9,12-18H2,1-5H3/t21?,22-,23?,24-,25?,26?,27-,28+,29?,32+,33+,34+,35-,36-/m0/s1. The lowest BCUT2D eigenvalue weighted by atomic mass is 9.54. The van der Waals surface area contributed by atoms with E-state index >= 15 is 0 Å². The number of aliphatic hydroxyl groups is 2. The molecule has 0 aromatic carbocycles. The van der Waals surface area contributed by atoms with E-state index in [1.54, 1.807) is 0 Å². The van der Waals surface area contributed by atoms with Crippen LogP contribution in [0.3, 0.4) is 0 Å². The lowest BCUT2D eigenvalue weighted by Gasteiger charge is -2.46. The largest absolute Gasteiger partial charge is 0.462 e. The van der Waals surface area contributed by atoms with E-state index in [1.165, 1.54) is 6.92 Å². The van der Waals surface area contributed by atoms with Crippen LogP contribution in [0.15, 0.2) is 23.8 Å². The molecule has 0 amide bonds. The molecule has 8 aliphatic rings. The van der Waals surface area contributed by atoms with Crippen LogP contribution in [0, 0.1) is 51.8 Å². The van der Waals surface area contributed by atoms with E-state index in [0.717, 1.165) is 18.7 Å². The number of nitrogens with zero attached hydrogens (tertiary/aromatic N) is 1. The van der Waals surface area contributed by atoms with Gasteiger partial charge in [0.1, 0.15) is 18.3 Å². The average Bonchev–Trinajstić information content (AvgIpc) is 3.70. The maximum Gasteiger partial charge on any atom is 0.313 e. The Bertz CT molecular complexity index is 1410. The van der Waals surface area contributed by atoms with Gasteiger partial charge in [0.2, 0.25) is 0 Å². The fourth-order valence-corrected chi connectivity index (χ4v) is 12.4. The van der Waals surface area contributed by atoms with Gasteiger partial charge in [0.15, 0.2) is 0 Å². The summed E-state index contributed by atoms with van der Waals surface area (Å²) in [6, 6.07) is 0. The van der Waals surface area contributed by atoms with Crippen molar-refractivity contribution in [2.45, 2.75) is 96.2 Å². The molecule has 3 heterocycles. The summed E-state index contributed by atoms with van der Waals surface area (Å²) in [6.07, 6.45) is 6.75. The SMILES string of the molecule is CC(=O)O[C@H]1C[C@@](C)(O)C2CC=C(C)C2[C@H]2OC(=O)[C@]3(C[C@@]45C=C[C@]3(C)C4[C@H]3OC(=O)[C@@H](CN4CCOCC4)C3CC[C@@]5(C)O)C21. The highest BCUT2D eigenvalue weighted by atomic mass is 16.6. The van der Waals surface area contributed by atoms with Crippen molar-refractivity contribution in [2.24, 2.45) is 51.8 Å². The molecule has 252 valence electrons. The van der Waals surface area contributed by atoms with E-state index in [4.69, 9.17) is 18.9 Å². The minimum Gasteiger partial charge on any atom is -0.462 e. The zero-order valence-electron chi connectivity index (χ0n) is 27.7. The maximum absolute atomic E-state index is 14.8. The van der Waals surface area contributed by atoms with E-state index in [-0.39, 0.29) is 47.9 Å². The first-order chi connectivity index (χ1) is 21.7. The van der Waals surface area contributed by atoms with Crippen LogP contribution in [0.25, 0.3) is 0 Å². The molecular weight excluding hydrogens is 590 g/mol. The van der Waals surface area contributed by atoms with Gasteiger partial charge < -0.3 is 29.2 Å². The van der Waals surface area contributed by atoms with E-state index in [1.807, 2.05) is 20.8 Å². The molecule has 5 aliphatic carbocycles. The number of rotatable bonds is 3. The molecule has 0 aromatic rings. The van der Waals surface area contributed by atoms with Gasteiger partial charge in [-0.25, -0.2) is 0 Å². The summed E-state index contributed by atoms with van der Waals surface area (Å²) in [5.41, 5.74) is -4.16. The second-order valence-corrected chi connectivity index (χ2v) is 16.6. The zero-order valence-corrected chi connectivity index (χ0v) is 27.7. The minimum atomic E-state index is -1.19. The van der Waals surface area contributed by atoms with Crippen molar-refractivity contribution in [3.63, 3.8) is 0 Å². The molecule has 6 fully saturated rings. The first-order valence-corrected chi connectivity index (χ1v) is 17.4. The molecule has 8 rings (SSSR count). The summed E-state index contributed by atoms with van der Waals surface area (Å²) in [5, 5.41) is 24.4. The Labute approximate surface area is 270 Å². The number of hydrogen-bond donors (Lipinski definition) is 2. The Hall–Kier alpha value is -2.27. The number of ether oxygens (including phenoxy) is 4. The van der Waals surface area contributed by atoms with E-state index in [0.29, 0.717) is 45.4 Å². The topological polar surface area (TPSA) is 132 Å². The molecule has 0 aromatic heterocycles. The van der Waals surface area contributed by atoms with Crippen molar-refractivity contribution >= 4 is 17.9 Å². The summed E-state index contributed by atoms with van der Waals surface area (Å²) in [4.78, 5) is 43.5. The lowest BCUT2D eigenvalue weighted by molar-refractivity contribution is -0.165. The summed E-state index contributed by atoms with van der Waals surface area (Å²) in [6.45, 7) is 12.6. The van der Waals surface area contributed by atoms with Crippen molar-refractivity contribution in [1.82, 2.24) is 4.90 Å². The van der Waals surface area contributed by atoms with Crippen molar-refractivity contribution in [3.05, 3.63) is 23.8 Å². The van der Waals surface area contributed by atoms with Crippen LogP contribution in [0.5, 0.6) is 0 Å². The Morgan fingerprint density at radius 2 is 1.83 bits per heavy atom. The van der Waals surface area contributed by atoms with Crippen LogP contribution >= 0.6 is 0 Å². The number of hydrogen-bond acceptors (Lipinski definition) is 10. The molecule has 5 unspecified atom stereocenters. The smallest absolute Gasteiger partial charge is 0.313 e. The van der Waals surface area contributed by atoms with Crippen molar-refractivity contribution in [2.75, 3.05) is 32.8 Å². The highest BCUT2D eigenvalue weighted by Gasteiger charge is 2.85. The molecule has 3 saturated heterocycles. The van der Waals surface area contributed by atoms with E-state index < -0.39 is 57.6 Å². The molecule has 46 heavy (non-hydrogen) atoms. The van der Waals surface area contributed by atoms with Crippen molar-refractivity contribution in [1.29, 1.82) is 0 Å². The normalized spacial score (nSPS) is 53.9. The number of carbonyl (C=O) groups is 3. The minimum absolute atomic E-state index is 0.111. The van der Waals surface area contributed by atoms with Gasteiger partial charge in [-0.3, -0.25) is 19.3 Å². The van der Waals surface area contributed by atoms with Crippen LogP contribution in [0.4, 0.5) is 0 Å². The molecule has 10 heteroatoms. The Morgan fingerprint density at radius 1 is 1.09 bits per heavy atom. The average molecular weight is 640 g/mol. The van der Waals surface area contributed by atoms with Gasteiger partial charge in [0.05, 0.1) is 41.7 Å². The fourth-order valence-electron chi connectivity index (χ4n) is 12.4. The third-order valence-electron chi connectivity index (χ3n) is 14.5. The number of fused-ring (bicyclic) bond motifs is 6. The predicted molar refractivity (Wildman–Crippen MR) is 164 cm³/mol. The van der Waals surface area contributed by atoms with Gasteiger partial charge in [-0.05, 0) is 46.5 Å². The Morgan fingerprint density at radius 3 is 2.54 bits per heavy atom. The van der Waals surface area contributed by atoms with Crippen LogP contribution < -0.4 is 0 Å². The predicted octanol–water partition coefficient (Wildman–Crippen LogP) is 2.80. The van der Waals surface area contributed by atoms with Gasteiger partial charge in [0.25, 0.3) is 0 Å². The van der Waals surface area contributed by atoms with E-state index in [9.17, 15) is 24.6 Å². The molecule has 14 atom stereocenters. The number of morpholine rings is 1. The molecular formula is C36H49NO9. The van der Waals surface area contributed by atoms with Crippen molar-refractivity contribution in [3.8, 4) is 0 Å². The Balaban J connectivity index is 1.26. The highest BCUT2D eigenvalue weighted by molar-refractivity contribution is 5.84. The highest BCUT2D eigenvalue weighted by Crippen LogP contribution is 2.80. The number of carbonyl (C=O) groups excluding carboxylic acids is 3. The molecule has 10 nitrogen and oxygen atoms in total. The molecule has 3 saturated carbocycles. The Kier molecular flexibility index (Phi) is 6.67. The second-order valence-electron chi connectivity index (χ2n) is 16.6. The molecule has 0 radical (unpaired) electrons. The van der Waals surface area contributed by atoms with Gasteiger partial charge in [-0.2, -0.15) is 0 Å². The molecule has 2 bridgehead atoms. The summed E-state index contributed by atoms with van der Waals surface area (Å²) >= 11 is 0. The van der Waals surface area contributed by atoms with Gasteiger partial charge in [-0.1, -0.05) is 30.7 Å². The first-order valence-electron chi connectivity index (χ1n) is 17.4. The summed E-state index contributed by atoms with van der Waals surface area (Å²) in [7, 11) is 0. The first kappa shape index (κ1) is 31.0. The summed E-state index contributed by atoms with van der Waals surface area (Å²) < 4.78 is 24.6. The van der Waals surface area contributed by atoms with E-state index in [2.05, 4.69) is 30.1 Å². The zero-order chi connectivity index (χ0) is 32.6. The maximum atomic E-state index is 14.8. The van der Waals surface area contributed by atoms with Crippen LogP contribution in [0.1, 0.15) is 66.7 Å². The quantitative estimate of drug-likeness (QED) is 0.270. The monoisotopic (exact) mass is 639 g/mol. The second kappa shape index (κ2) is 9.89. The lowest BCUT2D eigenvalue weighted by Crippen LogP contribution is -2.53.